The van der Waals surface area contributed by atoms with Crippen LogP contribution in [0.2, 0.25) is 5.02 Å². The summed E-state index contributed by atoms with van der Waals surface area (Å²) in [5, 5.41) is 3.80. The fourth-order valence-electron chi connectivity index (χ4n) is 3.55. The van der Waals surface area contributed by atoms with Crippen LogP contribution in [0.1, 0.15) is 11.1 Å². The van der Waals surface area contributed by atoms with Crippen LogP contribution in [0.25, 0.3) is 5.57 Å². The number of hydrogen-bond donors (Lipinski definition) is 1. The van der Waals surface area contributed by atoms with Crippen LogP contribution in [0, 0.1) is 6.92 Å². The van der Waals surface area contributed by atoms with Crippen molar-refractivity contribution in [3.63, 3.8) is 0 Å². The molecule has 1 N–H and O–H groups in total. The van der Waals surface area contributed by atoms with Gasteiger partial charge < -0.3 is 10.2 Å². The van der Waals surface area contributed by atoms with Crippen molar-refractivity contribution in [2.45, 2.75) is 6.92 Å². The van der Waals surface area contributed by atoms with Crippen LogP contribution in [0.3, 0.4) is 0 Å². The van der Waals surface area contributed by atoms with E-state index >= 15 is 0 Å². The first-order chi connectivity index (χ1) is 14.9. The molecule has 1 aliphatic rings. The average Bonchev–Trinajstić information content (AvgIpc) is 3.00. The van der Waals surface area contributed by atoms with Crippen LogP contribution in [-0.2, 0) is 9.59 Å². The third-order valence-corrected chi connectivity index (χ3v) is 5.45. The Morgan fingerprint density at radius 1 is 0.871 bits per heavy atom. The molecule has 156 valence electrons. The number of benzene rings is 3. The zero-order chi connectivity index (χ0) is 22.1. The van der Waals surface area contributed by atoms with E-state index in [9.17, 15) is 9.59 Å². The molecule has 3 aromatic carbocycles. The van der Waals surface area contributed by atoms with E-state index in [0.29, 0.717) is 21.8 Å². The first-order valence-electron chi connectivity index (χ1n) is 9.86. The second kappa shape index (κ2) is 8.28. The summed E-state index contributed by atoms with van der Waals surface area (Å²) in [7, 11) is 3.87. The van der Waals surface area contributed by atoms with Crippen LogP contribution in [0.4, 0.5) is 17.1 Å². The van der Waals surface area contributed by atoms with Gasteiger partial charge in [0.25, 0.3) is 11.8 Å². The molecule has 0 radical (unpaired) electrons. The number of imide groups is 1. The molecule has 1 aliphatic heterocycles. The van der Waals surface area contributed by atoms with Crippen molar-refractivity contribution in [1.82, 2.24) is 0 Å². The number of aryl methyl sites for hydroxylation is 1. The molecule has 6 heteroatoms. The lowest BCUT2D eigenvalue weighted by Gasteiger charge is -2.18. The quantitative estimate of drug-likeness (QED) is 0.570. The van der Waals surface area contributed by atoms with Gasteiger partial charge in [0.05, 0.1) is 11.3 Å². The normalized spacial score (nSPS) is 13.7. The molecular formula is C25H22ClN3O2. The van der Waals surface area contributed by atoms with Gasteiger partial charge in [-0.2, -0.15) is 0 Å². The summed E-state index contributed by atoms with van der Waals surface area (Å²) in [6.45, 7) is 1.90. The number of nitrogens with zero attached hydrogens (tertiary/aromatic N) is 2. The third kappa shape index (κ3) is 3.92. The zero-order valence-electron chi connectivity index (χ0n) is 17.5. The van der Waals surface area contributed by atoms with Gasteiger partial charge in [0.15, 0.2) is 0 Å². The molecule has 0 aliphatic carbocycles. The summed E-state index contributed by atoms with van der Waals surface area (Å²) in [4.78, 5) is 30.1. The molecule has 0 atom stereocenters. The Hall–Kier alpha value is -3.57. The van der Waals surface area contributed by atoms with Crippen LogP contribution in [-0.4, -0.2) is 25.9 Å². The largest absolute Gasteiger partial charge is 0.378 e. The minimum atomic E-state index is -0.393. The first kappa shape index (κ1) is 20.7. The molecule has 0 bridgehead atoms. The molecule has 0 saturated heterocycles. The van der Waals surface area contributed by atoms with E-state index in [4.69, 9.17) is 11.6 Å². The molecule has 0 fully saturated rings. The fraction of sp³-hybridized carbons (Fsp3) is 0.120. The van der Waals surface area contributed by atoms with E-state index in [1.54, 1.807) is 24.3 Å². The maximum atomic E-state index is 13.5. The number of carbonyl (C=O) groups is 2. The molecule has 1 heterocycles. The highest BCUT2D eigenvalue weighted by Crippen LogP contribution is 2.35. The Labute approximate surface area is 186 Å². The van der Waals surface area contributed by atoms with Gasteiger partial charge in [-0.3, -0.25) is 9.59 Å². The SMILES string of the molecule is Cc1cc(Cl)ccc1NC1=C(c2ccccc2)C(=O)N(c2ccc(N(C)C)cc2)C1=O. The molecule has 0 saturated carbocycles. The van der Waals surface area contributed by atoms with Gasteiger partial charge in [-0.05, 0) is 60.5 Å². The molecule has 2 amide bonds. The van der Waals surface area contributed by atoms with E-state index in [2.05, 4.69) is 5.32 Å². The van der Waals surface area contributed by atoms with Crippen molar-refractivity contribution in [2.24, 2.45) is 0 Å². The first-order valence-corrected chi connectivity index (χ1v) is 10.2. The van der Waals surface area contributed by atoms with Gasteiger partial charge in [0.2, 0.25) is 0 Å². The van der Waals surface area contributed by atoms with Crippen molar-refractivity contribution < 1.29 is 9.59 Å². The molecule has 3 aromatic rings. The summed E-state index contributed by atoms with van der Waals surface area (Å²) in [5.74, 6) is -0.751. The van der Waals surface area contributed by atoms with Crippen molar-refractivity contribution in [3.8, 4) is 0 Å². The van der Waals surface area contributed by atoms with E-state index in [0.717, 1.165) is 16.9 Å². The predicted octanol–water partition coefficient (Wildman–Crippen LogP) is 5.11. The number of amides is 2. The Morgan fingerprint density at radius 2 is 1.55 bits per heavy atom. The fourth-order valence-corrected chi connectivity index (χ4v) is 3.78. The topological polar surface area (TPSA) is 52.7 Å². The minimum Gasteiger partial charge on any atom is -0.378 e. The van der Waals surface area contributed by atoms with Crippen LogP contribution < -0.4 is 15.1 Å². The lowest BCUT2D eigenvalue weighted by Crippen LogP contribution is -2.32. The second-order valence-corrected chi connectivity index (χ2v) is 7.99. The van der Waals surface area contributed by atoms with Crippen LogP contribution in [0.15, 0.2) is 78.5 Å². The Bertz CT molecular complexity index is 1190. The van der Waals surface area contributed by atoms with Gasteiger partial charge >= 0.3 is 0 Å². The monoisotopic (exact) mass is 431 g/mol. The lowest BCUT2D eigenvalue weighted by molar-refractivity contribution is -0.120. The molecule has 5 nitrogen and oxygen atoms in total. The predicted molar refractivity (Wildman–Crippen MR) is 126 cm³/mol. The Morgan fingerprint density at radius 3 is 2.16 bits per heavy atom. The number of nitrogens with one attached hydrogen (secondary N) is 1. The second-order valence-electron chi connectivity index (χ2n) is 7.56. The van der Waals surface area contributed by atoms with Gasteiger partial charge in [0.1, 0.15) is 5.70 Å². The highest BCUT2D eigenvalue weighted by molar-refractivity contribution is 6.46. The van der Waals surface area contributed by atoms with Crippen LogP contribution >= 0.6 is 11.6 Å². The summed E-state index contributed by atoms with van der Waals surface area (Å²) in [5.41, 5.74) is 4.38. The minimum absolute atomic E-state index is 0.248. The van der Waals surface area contributed by atoms with E-state index in [-0.39, 0.29) is 11.6 Å². The van der Waals surface area contributed by atoms with E-state index in [1.807, 2.05) is 74.4 Å². The molecule has 31 heavy (non-hydrogen) atoms. The number of halogens is 1. The zero-order valence-corrected chi connectivity index (χ0v) is 18.3. The summed E-state index contributed by atoms with van der Waals surface area (Å²) < 4.78 is 0. The Kier molecular flexibility index (Phi) is 5.53. The molecule has 0 unspecified atom stereocenters. The Balaban J connectivity index is 1.79. The molecule has 0 aromatic heterocycles. The standard InChI is InChI=1S/C25H22ClN3O2/c1-16-15-18(26)9-14-21(16)27-23-22(17-7-5-4-6-8-17)24(30)29(25(23)31)20-12-10-19(11-13-20)28(2)3/h4-15,27H,1-3H3. The third-order valence-electron chi connectivity index (χ3n) is 5.22. The maximum absolute atomic E-state index is 13.5. The highest BCUT2D eigenvalue weighted by atomic mass is 35.5. The molecular weight excluding hydrogens is 410 g/mol. The average molecular weight is 432 g/mol. The van der Waals surface area contributed by atoms with Crippen molar-refractivity contribution in [3.05, 3.63) is 94.6 Å². The number of hydrogen-bond acceptors (Lipinski definition) is 4. The van der Waals surface area contributed by atoms with Crippen molar-refractivity contribution in [2.75, 3.05) is 29.2 Å². The number of carbonyl (C=O) groups excluding carboxylic acids is 2. The van der Waals surface area contributed by atoms with Gasteiger partial charge in [-0.15, -0.1) is 0 Å². The highest BCUT2D eigenvalue weighted by Gasteiger charge is 2.40. The number of anilines is 3. The van der Waals surface area contributed by atoms with Gasteiger partial charge in [0, 0.05) is 30.5 Å². The van der Waals surface area contributed by atoms with Crippen LogP contribution in [0.5, 0.6) is 0 Å². The number of rotatable bonds is 5. The van der Waals surface area contributed by atoms with E-state index < -0.39 is 5.91 Å². The van der Waals surface area contributed by atoms with E-state index in [1.165, 1.54) is 4.90 Å². The summed E-state index contributed by atoms with van der Waals surface area (Å²) in [6, 6.07) is 21.9. The smallest absolute Gasteiger partial charge is 0.282 e. The maximum Gasteiger partial charge on any atom is 0.282 e. The van der Waals surface area contributed by atoms with Crippen molar-refractivity contribution in [1.29, 1.82) is 0 Å². The van der Waals surface area contributed by atoms with Gasteiger partial charge in [-0.25, -0.2) is 4.90 Å². The molecule has 0 spiro atoms. The lowest BCUT2D eigenvalue weighted by atomic mass is 10.0. The summed E-state index contributed by atoms with van der Waals surface area (Å²) in [6.07, 6.45) is 0. The van der Waals surface area contributed by atoms with Crippen molar-refractivity contribution >= 4 is 46.1 Å². The molecule has 4 rings (SSSR count). The van der Waals surface area contributed by atoms with Gasteiger partial charge in [-0.1, -0.05) is 41.9 Å². The summed E-state index contributed by atoms with van der Waals surface area (Å²) >= 11 is 6.08.